The van der Waals surface area contributed by atoms with Gasteiger partial charge in [0.1, 0.15) is 12.1 Å². The van der Waals surface area contributed by atoms with E-state index in [2.05, 4.69) is 10.6 Å². The summed E-state index contributed by atoms with van der Waals surface area (Å²) in [6.45, 7) is 2.26. The molecule has 0 saturated carbocycles. The number of carbonyl (C=O) groups is 3. The molecule has 2 heterocycles. The van der Waals surface area contributed by atoms with Gasteiger partial charge in [0.25, 0.3) is 0 Å². The van der Waals surface area contributed by atoms with Crippen LogP contribution in [0.4, 0.5) is 0 Å². The van der Waals surface area contributed by atoms with Crippen LogP contribution < -0.4 is 22.1 Å². The molecule has 2 aromatic carbocycles. The van der Waals surface area contributed by atoms with Gasteiger partial charge in [-0.05, 0) is 55.7 Å². The van der Waals surface area contributed by atoms with Crippen molar-refractivity contribution in [1.29, 1.82) is 0 Å². The summed E-state index contributed by atoms with van der Waals surface area (Å²) in [6, 6.07) is 17.3. The average Bonchev–Trinajstić information content (AvgIpc) is 3.34. The Hall–Kier alpha value is -3.23. The summed E-state index contributed by atoms with van der Waals surface area (Å²) >= 11 is 0. The van der Waals surface area contributed by atoms with Crippen LogP contribution >= 0.6 is 0 Å². The van der Waals surface area contributed by atoms with Crippen molar-refractivity contribution in [2.45, 2.75) is 69.2 Å². The first-order valence-electron chi connectivity index (χ1n) is 12.9. The van der Waals surface area contributed by atoms with Crippen molar-refractivity contribution in [2.75, 3.05) is 6.54 Å². The molecular weight excluding hydrogens is 454 g/mol. The first-order valence-corrected chi connectivity index (χ1v) is 12.9. The van der Waals surface area contributed by atoms with E-state index in [0.29, 0.717) is 32.2 Å². The van der Waals surface area contributed by atoms with Gasteiger partial charge in [0, 0.05) is 6.04 Å². The van der Waals surface area contributed by atoms with E-state index in [9.17, 15) is 14.4 Å². The van der Waals surface area contributed by atoms with Gasteiger partial charge in [0.15, 0.2) is 0 Å². The van der Waals surface area contributed by atoms with Crippen LogP contribution in [0.3, 0.4) is 0 Å². The molecule has 2 saturated heterocycles. The standard InChI is InChI=1S/C28H37N5O3/c1-2-22(30)26(34)32-25-20(15-16-29)17-21-13-14-23(33(21)28(25)36)27(35)31-24(18-9-5-3-6-10-18)19-11-7-4-8-12-19/h3-12,20-25H,2,13-17,29-30H2,1H3,(H,31,35)(H,32,34)/t20-,21?,22?,23-,25-/m0/s1. The molecule has 3 amide bonds. The molecule has 0 spiro atoms. The van der Waals surface area contributed by atoms with Gasteiger partial charge in [-0.25, -0.2) is 0 Å². The summed E-state index contributed by atoms with van der Waals surface area (Å²) in [6.07, 6.45) is 3.15. The van der Waals surface area contributed by atoms with Gasteiger partial charge >= 0.3 is 0 Å². The van der Waals surface area contributed by atoms with E-state index in [4.69, 9.17) is 11.5 Å². The Morgan fingerprint density at radius 2 is 1.64 bits per heavy atom. The largest absolute Gasteiger partial charge is 0.343 e. The predicted octanol–water partition coefficient (Wildman–Crippen LogP) is 1.84. The van der Waals surface area contributed by atoms with Crippen molar-refractivity contribution in [3.8, 4) is 0 Å². The molecule has 4 rings (SSSR count). The zero-order chi connectivity index (χ0) is 25.7. The van der Waals surface area contributed by atoms with E-state index in [1.807, 2.05) is 67.6 Å². The monoisotopic (exact) mass is 491 g/mol. The summed E-state index contributed by atoms with van der Waals surface area (Å²) < 4.78 is 0. The maximum atomic E-state index is 13.7. The lowest BCUT2D eigenvalue weighted by Crippen LogP contribution is -2.63. The highest BCUT2D eigenvalue weighted by atomic mass is 16.2. The van der Waals surface area contributed by atoms with Gasteiger partial charge < -0.3 is 27.0 Å². The van der Waals surface area contributed by atoms with Gasteiger partial charge in [-0.1, -0.05) is 67.6 Å². The fourth-order valence-electron chi connectivity index (χ4n) is 5.57. The molecule has 2 fully saturated rings. The molecule has 0 aliphatic carbocycles. The Morgan fingerprint density at radius 3 is 2.19 bits per heavy atom. The lowest BCUT2D eigenvalue weighted by Gasteiger charge is -2.42. The van der Waals surface area contributed by atoms with Crippen molar-refractivity contribution in [3.63, 3.8) is 0 Å². The Kier molecular flexibility index (Phi) is 8.38. The molecule has 8 nitrogen and oxygen atoms in total. The van der Waals surface area contributed by atoms with Crippen LogP contribution in [0, 0.1) is 5.92 Å². The second-order valence-electron chi connectivity index (χ2n) is 9.83. The molecule has 2 aliphatic heterocycles. The molecule has 36 heavy (non-hydrogen) atoms. The van der Waals surface area contributed by atoms with Crippen molar-refractivity contribution < 1.29 is 14.4 Å². The van der Waals surface area contributed by atoms with Gasteiger partial charge in [-0.2, -0.15) is 0 Å². The van der Waals surface area contributed by atoms with E-state index in [1.54, 1.807) is 4.90 Å². The van der Waals surface area contributed by atoms with Crippen LogP contribution in [0.5, 0.6) is 0 Å². The second-order valence-corrected chi connectivity index (χ2v) is 9.83. The van der Waals surface area contributed by atoms with Gasteiger partial charge in [0.05, 0.1) is 12.1 Å². The third-order valence-electron chi connectivity index (χ3n) is 7.54. The molecule has 5 atom stereocenters. The minimum absolute atomic E-state index is 0.0373. The van der Waals surface area contributed by atoms with Crippen LogP contribution in [-0.4, -0.2) is 53.3 Å². The summed E-state index contributed by atoms with van der Waals surface area (Å²) in [7, 11) is 0. The lowest BCUT2D eigenvalue weighted by molar-refractivity contribution is -0.149. The van der Waals surface area contributed by atoms with Crippen molar-refractivity contribution in [3.05, 3.63) is 71.8 Å². The summed E-state index contributed by atoms with van der Waals surface area (Å²) in [5, 5.41) is 6.08. The van der Waals surface area contributed by atoms with Crippen molar-refractivity contribution >= 4 is 17.7 Å². The average molecular weight is 492 g/mol. The van der Waals surface area contributed by atoms with E-state index >= 15 is 0 Å². The summed E-state index contributed by atoms with van der Waals surface area (Å²) in [5.74, 6) is -0.809. The number of nitrogens with one attached hydrogen (secondary N) is 2. The third-order valence-corrected chi connectivity index (χ3v) is 7.54. The Morgan fingerprint density at radius 1 is 1.03 bits per heavy atom. The van der Waals surface area contributed by atoms with Crippen molar-refractivity contribution in [2.24, 2.45) is 17.4 Å². The molecule has 0 aromatic heterocycles. The lowest BCUT2D eigenvalue weighted by atomic mass is 9.83. The predicted molar refractivity (Wildman–Crippen MR) is 139 cm³/mol. The van der Waals surface area contributed by atoms with Gasteiger partial charge in [-0.15, -0.1) is 0 Å². The molecule has 192 valence electrons. The van der Waals surface area contributed by atoms with Crippen LogP contribution in [0.2, 0.25) is 0 Å². The summed E-state index contributed by atoms with van der Waals surface area (Å²) in [5.41, 5.74) is 13.7. The number of carbonyl (C=O) groups excluding carboxylic acids is 3. The summed E-state index contributed by atoms with van der Waals surface area (Å²) in [4.78, 5) is 41.7. The fourth-order valence-corrected chi connectivity index (χ4v) is 5.57. The first-order chi connectivity index (χ1) is 17.4. The normalized spacial score (nSPS) is 24.3. The molecule has 2 aromatic rings. The molecule has 8 heteroatoms. The number of hydrogen-bond acceptors (Lipinski definition) is 5. The van der Waals surface area contributed by atoms with Crippen LogP contribution in [-0.2, 0) is 14.4 Å². The van der Waals surface area contributed by atoms with E-state index in [1.165, 1.54) is 0 Å². The molecule has 6 N–H and O–H groups in total. The van der Waals surface area contributed by atoms with E-state index in [-0.39, 0.29) is 35.7 Å². The van der Waals surface area contributed by atoms with Crippen LogP contribution in [0.15, 0.2) is 60.7 Å². The highest BCUT2D eigenvalue weighted by Crippen LogP contribution is 2.37. The maximum absolute atomic E-state index is 13.7. The Labute approximate surface area is 212 Å². The molecule has 2 aliphatic rings. The molecule has 2 unspecified atom stereocenters. The van der Waals surface area contributed by atoms with Gasteiger partial charge in [-0.3, -0.25) is 14.4 Å². The number of rotatable bonds is 9. The minimum Gasteiger partial charge on any atom is -0.343 e. The third kappa shape index (κ3) is 5.44. The molecular formula is C28H37N5O3. The van der Waals surface area contributed by atoms with Crippen LogP contribution in [0.25, 0.3) is 0 Å². The molecule has 0 bridgehead atoms. The Bertz CT molecular complexity index is 1010. The number of piperidine rings is 1. The number of nitrogens with zero attached hydrogens (tertiary/aromatic N) is 1. The number of hydrogen-bond donors (Lipinski definition) is 4. The zero-order valence-corrected chi connectivity index (χ0v) is 20.8. The maximum Gasteiger partial charge on any atom is 0.246 e. The Balaban J connectivity index is 1.56. The zero-order valence-electron chi connectivity index (χ0n) is 20.8. The quantitative estimate of drug-likeness (QED) is 0.425. The van der Waals surface area contributed by atoms with Crippen molar-refractivity contribution in [1.82, 2.24) is 15.5 Å². The topological polar surface area (TPSA) is 131 Å². The number of amides is 3. The van der Waals surface area contributed by atoms with Gasteiger partial charge in [0.2, 0.25) is 17.7 Å². The van der Waals surface area contributed by atoms with Crippen LogP contribution in [0.1, 0.15) is 56.2 Å². The number of benzene rings is 2. The highest BCUT2D eigenvalue weighted by molar-refractivity contribution is 5.94. The minimum atomic E-state index is -0.720. The van der Waals surface area contributed by atoms with E-state index < -0.39 is 18.1 Å². The van der Waals surface area contributed by atoms with E-state index in [0.717, 1.165) is 17.5 Å². The SMILES string of the molecule is CCC(N)C(=O)N[C@@H]1C(=O)N2C(CC[C@H]2C(=O)NC(c2ccccc2)c2ccccc2)C[C@@H]1CCN. The fraction of sp³-hybridized carbons (Fsp3) is 0.464. The highest BCUT2D eigenvalue weighted by Gasteiger charge is 2.50. The second kappa shape index (κ2) is 11.7. The molecule has 0 radical (unpaired) electrons. The number of fused-ring (bicyclic) bond motifs is 1. The first kappa shape index (κ1) is 25.9. The number of nitrogens with two attached hydrogens (primary N) is 2. The smallest absolute Gasteiger partial charge is 0.246 e.